The summed E-state index contributed by atoms with van der Waals surface area (Å²) in [6.45, 7) is -0.0317. The first-order valence-electron chi connectivity index (χ1n) is 4.38. The van der Waals surface area contributed by atoms with Crippen molar-refractivity contribution < 1.29 is 5.11 Å². The van der Waals surface area contributed by atoms with Crippen molar-refractivity contribution in [3.8, 4) is 6.07 Å². The maximum Gasteiger partial charge on any atom is 0.0998 e. The lowest BCUT2D eigenvalue weighted by Gasteiger charge is -2.04. The Labute approximate surface area is 82.0 Å². The first-order chi connectivity index (χ1) is 6.86. The molecule has 2 rings (SSSR count). The standard InChI is InChI=1S/C12H9NO/c13-7-10-5-1-3-9-4-2-6-11(8-14)12(9)10/h1-6,14H,8H2. The first kappa shape index (κ1) is 8.74. The molecule has 0 saturated heterocycles. The van der Waals surface area contributed by atoms with Crippen LogP contribution in [0.15, 0.2) is 36.4 Å². The summed E-state index contributed by atoms with van der Waals surface area (Å²) in [7, 11) is 0. The van der Waals surface area contributed by atoms with E-state index in [1.165, 1.54) is 0 Å². The van der Waals surface area contributed by atoms with Gasteiger partial charge in [-0.25, -0.2) is 0 Å². The van der Waals surface area contributed by atoms with E-state index in [9.17, 15) is 0 Å². The Morgan fingerprint density at radius 2 is 1.86 bits per heavy atom. The molecule has 1 N–H and O–H groups in total. The summed E-state index contributed by atoms with van der Waals surface area (Å²) >= 11 is 0. The Morgan fingerprint density at radius 1 is 1.14 bits per heavy atom. The number of aliphatic hydroxyl groups excluding tert-OH is 1. The predicted molar refractivity (Wildman–Crippen MR) is 54.6 cm³/mol. The lowest BCUT2D eigenvalue weighted by molar-refractivity contribution is 0.283. The van der Waals surface area contributed by atoms with Gasteiger partial charge in [-0.2, -0.15) is 5.26 Å². The molecule has 0 aliphatic heterocycles. The van der Waals surface area contributed by atoms with E-state index in [-0.39, 0.29) is 6.61 Å². The minimum absolute atomic E-state index is 0.0317. The van der Waals surface area contributed by atoms with Crippen molar-refractivity contribution in [3.63, 3.8) is 0 Å². The minimum Gasteiger partial charge on any atom is -0.392 e. The van der Waals surface area contributed by atoms with Crippen LogP contribution in [0.3, 0.4) is 0 Å². The highest BCUT2D eigenvalue weighted by Gasteiger charge is 2.03. The van der Waals surface area contributed by atoms with E-state index in [0.29, 0.717) is 5.56 Å². The van der Waals surface area contributed by atoms with Gasteiger partial charge in [0.2, 0.25) is 0 Å². The third-order valence-corrected chi connectivity index (χ3v) is 2.28. The highest BCUT2D eigenvalue weighted by atomic mass is 16.3. The van der Waals surface area contributed by atoms with Crippen molar-refractivity contribution in [1.29, 1.82) is 5.26 Å². The SMILES string of the molecule is N#Cc1cccc2cccc(CO)c12. The second-order valence-corrected chi connectivity index (χ2v) is 3.09. The highest BCUT2D eigenvalue weighted by molar-refractivity contribution is 5.90. The Balaban J connectivity index is 2.90. The highest BCUT2D eigenvalue weighted by Crippen LogP contribution is 2.22. The van der Waals surface area contributed by atoms with Crippen LogP contribution in [0.25, 0.3) is 10.8 Å². The van der Waals surface area contributed by atoms with Crippen LogP contribution in [-0.2, 0) is 6.61 Å². The van der Waals surface area contributed by atoms with Gasteiger partial charge in [0.15, 0.2) is 0 Å². The van der Waals surface area contributed by atoms with Crippen molar-refractivity contribution in [3.05, 3.63) is 47.5 Å². The van der Waals surface area contributed by atoms with E-state index in [1.54, 1.807) is 6.07 Å². The van der Waals surface area contributed by atoms with Crippen LogP contribution in [0.2, 0.25) is 0 Å². The summed E-state index contributed by atoms with van der Waals surface area (Å²) in [6, 6.07) is 13.3. The van der Waals surface area contributed by atoms with Crippen molar-refractivity contribution >= 4 is 10.8 Å². The van der Waals surface area contributed by atoms with Gasteiger partial charge >= 0.3 is 0 Å². The van der Waals surface area contributed by atoms with Crippen molar-refractivity contribution in [2.45, 2.75) is 6.61 Å². The van der Waals surface area contributed by atoms with Crippen LogP contribution in [0.4, 0.5) is 0 Å². The molecule has 0 fully saturated rings. The molecular weight excluding hydrogens is 174 g/mol. The summed E-state index contributed by atoms with van der Waals surface area (Å²) in [5.41, 5.74) is 1.42. The third-order valence-electron chi connectivity index (χ3n) is 2.28. The molecule has 0 heterocycles. The van der Waals surface area contributed by atoms with Gasteiger partial charge in [-0.15, -0.1) is 0 Å². The van der Waals surface area contributed by atoms with Gasteiger partial charge < -0.3 is 5.11 Å². The topological polar surface area (TPSA) is 44.0 Å². The molecule has 68 valence electrons. The molecule has 0 saturated carbocycles. The van der Waals surface area contributed by atoms with Crippen LogP contribution < -0.4 is 0 Å². The third kappa shape index (κ3) is 1.24. The summed E-state index contributed by atoms with van der Waals surface area (Å²) in [4.78, 5) is 0. The summed E-state index contributed by atoms with van der Waals surface area (Å²) in [6.07, 6.45) is 0. The minimum atomic E-state index is -0.0317. The molecule has 0 bridgehead atoms. The van der Waals surface area contributed by atoms with Gasteiger partial charge in [-0.05, 0) is 17.0 Å². The van der Waals surface area contributed by atoms with E-state index in [0.717, 1.165) is 16.3 Å². The number of aliphatic hydroxyl groups is 1. The van der Waals surface area contributed by atoms with Gasteiger partial charge in [-0.3, -0.25) is 0 Å². The molecule has 0 amide bonds. The number of hydrogen-bond acceptors (Lipinski definition) is 2. The number of nitrogens with zero attached hydrogens (tertiary/aromatic N) is 1. The van der Waals surface area contributed by atoms with E-state index in [2.05, 4.69) is 6.07 Å². The molecule has 0 aromatic heterocycles. The maximum absolute atomic E-state index is 9.15. The number of nitriles is 1. The second-order valence-electron chi connectivity index (χ2n) is 3.09. The summed E-state index contributed by atoms with van der Waals surface area (Å²) < 4.78 is 0. The van der Waals surface area contributed by atoms with Crippen molar-refractivity contribution in [1.82, 2.24) is 0 Å². The molecule has 2 aromatic carbocycles. The Kier molecular flexibility index (Phi) is 2.18. The molecule has 0 atom stereocenters. The second kappa shape index (κ2) is 3.49. The van der Waals surface area contributed by atoms with Crippen molar-refractivity contribution in [2.24, 2.45) is 0 Å². The molecular formula is C12H9NO. The largest absolute Gasteiger partial charge is 0.392 e. The maximum atomic E-state index is 9.15. The first-order valence-corrected chi connectivity index (χ1v) is 4.38. The van der Waals surface area contributed by atoms with Crippen molar-refractivity contribution in [2.75, 3.05) is 0 Å². The Hall–Kier alpha value is -1.85. The molecule has 0 aliphatic carbocycles. The quantitative estimate of drug-likeness (QED) is 0.736. The average Bonchev–Trinajstić information content (AvgIpc) is 2.27. The predicted octanol–water partition coefficient (Wildman–Crippen LogP) is 2.20. The van der Waals surface area contributed by atoms with E-state index in [1.807, 2.05) is 30.3 Å². The van der Waals surface area contributed by atoms with Crippen LogP contribution in [0.5, 0.6) is 0 Å². The van der Waals surface area contributed by atoms with Gasteiger partial charge in [0.1, 0.15) is 0 Å². The zero-order valence-corrected chi connectivity index (χ0v) is 7.57. The molecule has 14 heavy (non-hydrogen) atoms. The van der Waals surface area contributed by atoms with Gasteiger partial charge in [0.25, 0.3) is 0 Å². The number of benzene rings is 2. The van der Waals surface area contributed by atoms with Crippen LogP contribution in [-0.4, -0.2) is 5.11 Å². The smallest absolute Gasteiger partial charge is 0.0998 e. The van der Waals surface area contributed by atoms with Crippen LogP contribution >= 0.6 is 0 Å². The van der Waals surface area contributed by atoms with E-state index >= 15 is 0 Å². The molecule has 0 aliphatic rings. The molecule has 0 unspecified atom stereocenters. The van der Waals surface area contributed by atoms with E-state index in [4.69, 9.17) is 10.4 Å². The zero-order valence-electron chi connectivity index (χ0n) is 7.57. The molecule has 2 nitrogen and oxygen atoms in total. The molecule has 0 radical (unpaired) electrons. The Morgan fingerprint density at radius 3 is 2.50 bits per heavy atom. The molecule has 2 aromatic rings. The normalized spacial score (nSPS) is 10.0. The summed E-state index contributed by atoms with van der Waals surface area (Å²) in [5, 5.41) is 19.9. The lowest BCUT2D eigenvalue weighted by atomic mass is 10.0. The number of rotatable bonds is 1. The van der Waals surface area contributed by atoms with Gasteiger partial charge in [0.05, 0.1) is 18.2 Å². The molecule has 2 heteroatoms. The summed E-state index contributed by atoms with van der Waals surface area (Å²) in [5.74, 6) is 0. The van der Waals surface area contributed by atoms with E-state index < -0.39 is 0 Å². The fraction of sp³-hybridized carbons (Fsp3) is 0.0833. The Bertz CT molecular complexity index is 506. The average molecular weight is 183 g/mol. The van der Waals surface area contributed by atoms with Gasteiger partial charge in [-0.1, -0.05) is 30.3 Å². The van der Waals surface area contributed by atoms with Crippen LogP contribution in [0, 0.1) is 11.3 Å². The fourth-order valence-corrected chi connectivity index (χ4v) is 1.64. The zero-order chi connectivity index (χ0) is 9.97. The number of hydrogen-bond donors (Lipinski definition) is 1. The lowest BCUT2D eigenvalue weighted by Crippen LogP contribution is -1.88. The monoisotopic (exact) mass is 183 g/mol. The van der Waals surface area contributed by atoms with Crippen LogP contribution in [0.1, 0.15) is 11.1 Å². The molecule has 0 spiro atoms. The fourth-order valence-electron chi connectivity index (χ4n) is 1.64. The number of fused-ring (bicyclic) bond motifs is 1. The van der Waals surface area contributed by atoms with Gasteiger partial charge in [0, 0.05) is 5.39 Å².